The van der Waals surface area contributed by atoms with Crippen molar-refractivity contribution in [2.75, 3.05) is 24.4 Å². The topological polar surface area (TPSA) is 94.2 Å². The van der Waals surface area contributed by atoms with E-state index in [1.165, 1.54) is 0 Å². The molecule has 2 amide bonds. The third kappa shape index (κ3) is 4.45. The first-order chi connectivity index (χ1) is 12.1. The van der Waals surface area contributed by atoms with Crippen molar-refractivity contribution in [3.8, 4) is 11.5 Å². The zero-order valence-electron chi connectivity index (χ0n) is 14.0. The molecule has 0 aliphatic rings. The van der Waals surface area contributed by atoms with E-state index in [9.17, 15) is 4.79 Å². The summed E-state index contributed by atoms with van der Waals surface area (Å²) in [6.45, 7) is 3.01. The predicted molar refractivity (Wildman–Crippen MR) is 93.4 cm³/mol. The minimum Gasteiger partial charge on any atom is -0.441 e. The van der Waals surface area contributed by atoms with Gasteiger partial charge in [-0.15, -0.1) is 0 Å². The van der Waals surface area contributed by atoms with Gasteiger partial charge in [0.1, 0.15) is 5.76 Å². The summed E-state index contributed by atoms with van der Waals surface area (Å²) in [7, 11) is 1.63. The van der Waals surface area contributed by atoms with E-state index < -0.39 is 0 Å². The zero-order chi connectivity index (χ0) is 17.6. The van der Waals surface area contributed by atoms with Crippen molar-refractivity contribution in [2.24, 2.45) is 0 Å². The van der Waals surface area contributed by atoms with Crippen LogP contribution in [0.2, 0.25) is 0 Å². The van der Waals surface area contributed by atoms with E-state index in [-0.39, 0.29) is 6.03 Å². The van der Waals surface area contributed by atoms with Crippen LogP contribution in [-0.2, 0) is 11.3 Å². The summed E-state index contributed by atoms with van der Waals surface area (Å²) in [4.78, 5) is 16.3. The van der Waals surface area contributed by atoms with Gasteiger partial charge in [0.05, 0.1) is 31.2 Å². The lowest BCUT2D eigenvalue weighted by Crippen LogP contribution is -2.19. The molecule has 0 unspecified atom stereocenters. The highest BCUT2D eigenvalue weighted by molar-refractivity contribution is 5.99. The van der Waals surface area contributed by atoms with Gasteiger partial charge in [0.2, 0.25) is 5.89 Å². The van der Waals surface area contributed by atoms with Crippen LogP contribution in [0.1, 0.15) is 5.76 Å². The van der Waals surface area contributed by atoms with Gasteiger partial charge >= 0.3 is 6.03 Å². The van der Waals surface area contributed by atoms with Crippen LogP contribution in [0.15, 0.2) is 47.3 Å². The van der Waals surface area contributed by atoms with E-state index >= 15 is 0 Å². The highest BCUT2D eigenvalue weighted by Crippen LogP contribution is 2.22. The van der Waals surface area contributed by atoms with Crippen LogP contribution in [0.25, 0.3) is 11.5 Å². The first-order valence-electron chi connectivity index (χ1n) is 7.76. The van der Waals surface area contributed by atoms with Crippen LogP contribution in [0, 0.1) is 6.92 Å². The standard InChI is InChI=1S/C17H19N5O3/c1-12-9-18-16(25-12)13-4-3-5-14(8-13)20-17(23)21-15-10-19-22(11-15)6-7-24-2/h3-5,8-11H,6-7H2,1-2H3,(H2,20,21,23). The maximum absolute atomic E-state index is 12.1. The summed E-state index contributed by atoms with van der Waals surface area (Å²) in [5.74, 6) is 1.25. The molecule has 8 nitrogen and oxygen atoms in total. The lowest BCUT2D eigenvalue weighted by molar-refractivity contribution is 0.183. The minimum atomic E-state index is -0.355. The molecule has 0 radical (unpaired) electrons. The predicted octanol–water partition coefficient (Wildman–Crippen LogP) is 3.14. The fourth-order valence-corrected chi connectivity index (χ4v) is 2.25. The molecule has 0 aliphatic heterocycles. The summed E-state index contributed by atoms with van der Waals surface area (Å²) < 4.78 is 12.2. The van der Waals surface area contributed by atoms with Crippen molar-refractivity contribution in [1.82, 2.24) is 14.8 Å². The number of methoxy groups -OCH3 is 1. The van der Waals surface area contributed by atoms with E-state index in [2.05, 4.69) is 20.7 Å². The number of amides is 2. The first-order valence-corrected chi connectivity index (χ1v) is 7.76. The van der Waals surface area contributed by atoms with Crippen molar-refractivity contribution >= 4 is 17.4 Å². The number of aryl methyl sites for hydroxylation is 1. The molecule has 0 saturated heterocycles. The molecule has 130 valence electrons. The zero-order valence-corrected chi connectivity index (χ0v) is 14.0. The van der Waals surface area contributed by atoms with E-state index in [1.807, 2.05) is 19.1 Å². The molecule has 25 heavy (non-hydrogen) atoms. The third-order valence-corrected chi connectivity index (χ3v) is 3.40. The van der Waals surface area contributed by atoms with E-state index in [1.54, 1.807) is 42.5 Å². The van der Waals surface area contributed by atoms with Crippen molar-refractivity contribution in [3.05, 3.63) is 48.6 Å². The molecule has 1 aromatic carbocycles. The number of urea groups is 1. The monoisotopic (exact) mass is 341 g/mol. The maximum Gasteiger partial charge on any atom is 0.323 e. The van der Waals surface area contributed by atoms with Gasteiger partial charge in [0.15, 0.2) is 0 Å². The van der Waals surface area contributed by atoms with Gasteiger partial charge in [0, 0.05) is 24.6 Å². The molecule has 0 bridgehead atoms. The molecule has 3 aromatic rings. The first kappa shape index (κ1) is 16.7. The molecule has 0 fully saturated rings. The van der Waals surface area contributed by atoms with Crippen molar-refractivity contribution in [2.45, 2.75) is 13.5 Å². The summed E-state index contributed by atoms with van der Waals surface area (Å²) in [6, 6.07) is 6.93. The Balaban J connectivity index is 1.62. The number of hydrogen-bond acceptors (Lipinski definition) is 5. The number of rotatable bonds is 6. The van der Waals surface area contributed by atoms with Crippen molar-refractivity contribution in [1.29, 1.82) is 0 Å². The molecular formula is C17H19N5O3. The number of anilines is 2. The Morgan fingerprint density at radius 3 is 2.88 bits per heavy atom. The molecular weight excluding hydrogens is 322 g/mol. The highest BCUT2D eigenvalue weighted by atomic mass is 16.5. The second kappa shape index (κ2) is 7.63. The molecule has 8 heteroatoms. The van der Waals surface area contributed by atoms with Crippen LogP contribution < -0.4 is 10.6 Å². The number of aromatic nitrogens is 3. The highest BCUT2D eigenvalue weighted by Gasteiger charge is 2.08. The van der Waals surface area contributed by atoms with Gasteiger partial charge in [-0.3, -0.25) is 4.68 Å². The Morgan fingerprint density at radius 1 is 1.28 bits per heavy atom. The SMILES string of the molecule is COCCn1cc(NC(=O)Nc2cccc(-c3ncc(C)o3)c2)cn1. The van der Waals surface area contributed by atoms with E-state index in [0.717, 1.165) is 11.3 Å². The summed E-state index contributed by atoms with van der Waals surface area (Å²) in [5, 5.41) is 9.66. The Hall–Kier alpha value is -3.13. The number of ether oxygens (including phenoxy) is 1. The van der Waals surface area contributed by atoms with E-state index in [0.29, 0.717) is 30.4 Å². The Labute approximate surface area is 144 Å². The third-order valence-electron chi connectivity index (χ3n) is 3.40. The fourth-order valence-electron chi connectivity index (χ4n) is 2.25. The van der Waals surface area contributed by atoms with Gasteiger partial charge < -0.3 is 19.8 Å². The lowest BCUT2D eigenvalue weighted by atomic mass is 10.2. The molecule has 2 N–H and O–H groups in total. The van der Waals surface area contributed by atoms with Gasteiger partial charge in [-0.25, -0.2) is 9.78 Å². The Morgan fingerprint density at radius 2 is 2.12 bits per heavy atom. The second-order valence-electron chi connectivity index (χ2n) is 5.42. The quantitative estimate of drug-likeness (QED) is 0.718. The van der Waals surface area contributed by atoms with Crippen molar-refractivity contribution in [3.63, 3.8) is 0 Å². The average Bonchev–Trinajstić information content (AvgIpc) is 3.22. The minimum absolute atomic E-state index is 0.355. The number of benzene rings is 1. The van der Waals surface area contributed by atoms with Gasteiger partial charge in [-0.1, -0.05) is 6.07 Å². The Kier molecular flexibility index (Phi) is 5.10. The van der Waals surface area contributed by atoms with Crippen LogP contribution in [0.5, 0.6) is 0 Å². The number of nitrogens with one attached hydrogen (secondary N) is 2. The number of nitrogens with zero attached hydrogens (tertiary/aromatic N) is 3. The van der Waals surface area contributed by atoms with Gasteiger partial charge in [0.25, 0.3) is 0 Å². The van der Waals surface area contributed by atoms with Crippen molar-refractivity contribution < 1.29 is 13.9 Å². The largest absolute Gasteiger partial charge is 0.441 e. The van der Waals surface area contributed by atoms with Crippen LogP contribution in [0.3, 0.4) is 0 Å². The number of carbonyl (C=O) groups excluding carboxylic acids is 1. The lowest BCUT2D eigenvalue weighted by Gasteiger charge is -2.07. The normalized spacial score (nSPS) is 10.6. The summed E-state index contributed by atoms with van der Waals surface area (Å²) >= 11 is 0. The molecule has 0 aliphatic carbocycles. The molecule has 0 spiro atoms. The number of oxazole rings is 1. The van der Waals surface area contributed by atoms with Crippen LogP contribution in [0.4, 0.5) is 16.2 Å². The van der Waals surface area contributed by atoms with Crippen LogP contribution >= 0.6 is 0 Å². The van der Waals surface area contributed by atoms with Gasteiger partial charge in [-0.05, 0) is 25.1 Å². The summed E-state index contributed by atoms with van der Waals surface area (Å²) in [6.07, 6.45) is 4.98. The average molecular weight is 341 g/mol. The molecule has 0 atom stereocenters. The van der Waals surface area contributed by atoms with Gasteiger partial charge in [-0.2, -0.15) is 5.10 Å². The van der Waals surface area contributed by atoms with Crippen LogP contribution in [-0.4, -0.2) is 34.5 Å². The molecule has 2 aromatic heterocycles. The maximum atomic E-state index is 12.1. The van der Waals surface area contributed by atoms with E-state index in [4.69, 9.17) is 9.15 Å². The second-order valence-corrected chi connectivity index (χ2v) is 5.42. The number of carbonyl (C=O) groups is 1. The number of hydrogen-bond donors (Lipinski definition) is 2. The smallest absolute Gasteiger partial charge is 0.323 e. The molecule has 2 heterocycles. The fraction of sp³-hybridized carbons (Fsp3) is 0.235. The summed E-state index contributed by atoms with van der Waals surface area (Å²) in [5.41, 5.74) is 2.03. The Bertz CT molecular complexity index is 855. The molecule has 3 rings (SSSR count). The molecule has 0 saturated carbocycles.